The summed E-state index contributed by atoms with van der Waals surface area (Å²) >= 11 is 0. The molecule has 27 heavy (non-hydrogen) atoms. The highest BCUT2D eigenvalue weighted by molar-refractivity contribution is 5.97. The van der Waals surface area contributed by atoms with Crippen LogP contribution >= 0.6 is 0 Å². The van der Waals surface area contributed by atoms with Gasteiger partial charge < -0.3 is 15.7 Å². The van der Waals surface area contributed by atoms with E-state index in [1.165, 1.54) is 6.20 Å². The monoisotopic (exact) mass is 363 g/mol. The van der Waals surface area contributed by atoms with E-state index in [4.69, 9.17) is 0 Å². The Hall–Kier alpha value is -3.26. The summed E-state index contributed by atoms with van der Waals surface area (Å²) in [5.74, 6) is 0.120. The van der Waals surface area contributed by atoms with Crippen LogP contribution in [0.4, 0.5) is 5.69 Å². The number of nitrogens with zero attached hydrogens (tertiary/aromatic N) is 1. The third-order valence-electron chi connectivity index (χ3n) is 4.29. The van der Waals surface area contributed by atoms with Crippen molar-refractivity contribution < 1.29 is 9.90 Å². The van der Waals surface area contributed by atoms with E-state index in [-0.39, 0.29) is 11.3 Å². The molecule has 0 aromatic heterocycles. The number of rotatable bonds is 7. The number of aromatic hydroxyl groups is 1. The standard InChI is InChI=1S/C22H25N3O2/c1-15(2)20-6-4-5-16(3)21(20)25-14-18(13-23)22(27)24-12-11-17-7-9-19(26)10-8-17/h4-10,14-15,25-26H,11-12H2,1-3H3,(H,24,27)/b18-14-. The number of phenolic OH excluding ortho intramolecular Hbond substituents is 1. The van der Waals surface area contributed by atoms with Gasteiger partial charge in [-0.3, -0.25) is 4.79 Å². The van der Waals surface area contributed by atoms with Crippen molar-refractivity contribution in [2.75, 3.05) is 11.9 Å². The molecular weight excluding hydrogens is 338 g/mol. The average molecular weight is 363 g/mol. The van der Waals surface area contributed by atoms with Crippen LogP contribution in [0.25, 0.3) is 0 Å². The fraction of sp³-hybridized carbons (Fsp3) is 0.273. The first-order valence-electron chi connectivity index (χ1n) is 8.94. The van der Waals surface area contributed by atoms with Crippen LogP contribution in [0.3, 0.4) is 0 Å². The maximum Gasteiger partial charge on any atom is 0.263 e. The van der Waals surface area contributed by atoms with E-state index in [2.05, 4.69) is 24.5 Å². The minimum Gasteiger partial charge on any atom is -0.508 e. The van der Waals surface area contributed by atoms with Crippen molar-refractivity contribution in [3.63, 3.8) is 0 Å². The van der Waals surface area contributed by atoms with Gasteiger partial charge in [0.1, 0.15) is 17.4 Å². The van der Waals surface area contributed by atoms with Crippen molar-refractivity contribution in [2.24, 2.45) is 0 Å². The summed E-state index contributed by atoms with van der Waals surface area (Å²) in [6, 6.07) is 14.8. The lowest BCUT2D eigenvalue weighted by Crippen LogP contribution is -2.27. The van der Waals surface area contributed by atoms with Gasteiger partial charge >= 0.3 is 0 Å². The summed E-state index contributed by atoms with van der Waals surface area (Å²) in [5.41, 5.74) is 4.14. The number of hydrogen-bond donors (Lipinski definition) is 3. The molecule has 0 atom stereocenters. The largest absolute Gasteiger partial charge is 0.508 e. The summed E-state index contributed by atoms with van der Waals surface area (Å²) in [6.07, 6.45) is 2.08. The smallest absolute Gasteiger partial charge is 0.263 e. The van der Waals surface area contributed by atoms with E-state index < -0.39 is 5.91 Å². The molecule has 0 aliphatic rings. The number of para-hydroxylation sites is 1. The van der Waals surface area contributed by atoms with Gasteiger partial charge in [-0.05, 0) is 48.1 Å². The average Bonchev–Trinajstić information content (AvgIpc) is 2.64. The first kappa shape index (κ1) is 20.1. The summed E-state index contributed by atoms with van der Waals surface area (Å²) < 4.78 is 0. The molecule has 5 nitrogen and oxygen atoms in total. The lowest BCUT2D eigenvalue weighted by molar-refractivity contribution is -0.117. The lowest BCUT2D eigenvalue weighted by atomic mass is 9.98. The van der Waals surface area contributed by atoms with Crippen molar-refractivity contribution in [1.82, 2.24) is 5.32 Å². The number of nitrogens with one attached hydrogen (secondary N) is 2. The zero-order chi connectivity index (χ0) is 19.8. The Balaban J connectivity index is 2.00. The van der Waals surface area contributed by atoms with Gasteiger partial charge in [-0.2, -0.15) is 5.26 Å². The molecule has 0 unspecified atom stereocenters. The Morgan fingerprint density at radius 3 is 2.56 bits per heavy atom. The number of aryl methyl sites for hydroxylation is 1. The summed E-state index contributed by atoms with van der Waals surface area (Å²) in [5, 5.41) is 24.5. The van der Waals surface area contributed by atoms with Crippen LogP contribution in [0, 0.1) is 18.3 Å². The minimum atomic E-state index is -0.413. The molecule has 2 rings (SSSR count). The van der Waals surface area contributed by atoms with Gasteiger partial charge in [0.15, 0.2) is 0 Å². The van der Waals surface area contributed by atoms with E-state index in [1.54, 1.807) is 24.3 Å². The van der Waals surface area contributed by atoms with Gasteiger partial charge in [-0.25, -0.2) is 0 Å². The molecule has 1 amide bonds. The Kier molecular flexibility index (Phi) is 7.01. The zero-order valence-electron chi connectivity index (χ0n) is 15.9. The molecule has 5 heteroatoms. The third kappa shape index (κ3) is 5.61. The van der Waals surface area contributed by atoms with Crippen LogP contribution in [-0.4, -0.2) is 17.6 Å². The van der Waals surface area contributed by atoms with E-state index in [0.29, 0.717) is 18.9 Å². The van der Waals surface area contributed by atoms with Crippen molar-refractivity contribution in [3.05, 3.63) is 70.9 Å². The Morgan fingerprint density at radius 2 is 1.93 bits per heavy atom. The molecule has 0 saturated heterocycles. The van der Waals surface area contributed by atoms with E-state index in [9.17, 15) is 15.2 Å². The highest BCUT2D eigenvalue weighted by Gasteiger charge is 2.11. The fourth-order valence-corrected chi connectivity index (χ4v) is 2.74. The second kappa shape index (κ2) is 9.44. The van der Waals surface area contributed by atoms with Crippen LogP contribution in [0.1, 0.15) is 36.5 Å². The van der Waals surface area contributed by atoms with Crippen LogP contribution in [-0.2, 0) is 11.2 Å². The van der Waals surface area contributed by atoms with Crippen molar-refractivity contribution in [3.8, 4) is 11.8 Å². The van der Waals surface area contributed by atoms with E-state index in [0.717, 1.165) is 22.4 Å². The molecule has 0 fully saturated rings. The Morgan fingerprint density at radius 1 is 1.22 bits per heavy atom. The van der Waals surface area contributed by atoms with Crippen molar-refractivity contribution >= 4 is 11.6 Å². The van der Waals surface area contributed by atoms with Gasteiger partial charge in [-0.15, -0.1) is 0 Å². The highest BCUT2D eigenvalue weighted by atomic mass is 16.3. The third-order valence-corrected chi connectivity index (χ3v) is 4.29. The van der Waals surface area contributed by atoms with Crippen molar-refractivity contribution in [1.29, 1.82) is 5.26 Å². The number of anilines is 1. The maximum atomic E-state index is 12.3. The number of carbonyl (C=O) groups excluding carboxylic acids is 1. The second-order valence-electron chi connectivity index (χ2n) is 6.68. The Labute approximate surface area is 160 Å². The highest BCUT2D eigenvalue weighted by Crippen LogP contribution is 2.27. The molecule has 0 spiro atoms. The van der Waals surface area contributed by atoms with E-state index >= 15 is 0 Å². The number of benzene rings is 2. The molecule has 2 aromatic rings. The molecule has 0 aliphatic carbocycles. The van der Waals surface area contributed by atoms with Gasteiger partial charge in [-0.1, -0.05) is 44.2 Å². The number of nitriles is 1. The van der Waals surface area contributed by atoms with Crippen LogP contribution in [0.15, 0.2) is 54.2 Å². The molecule has 3 N–H and O–H groups in total. The molecule has 0 saturated carbocycles. The Bertz CT molecular complexity index is 862. The quantitative estimate of drug-likeness (QED) is 0.513. The van der Waals surface area contributed by atoms with Gasteiger partial charge in [0, 0.05) is 18.4 Å². The first-order chi connectivity index (χ1) is 12.9. The van der Waals surface area contributed by atoms with Crippen LogP contribution in [0.5, 0.6) is 5.75 Å². The molecule has 140 valence electrons. The van der Waals surface area contributed by atoms with Crippen LogP contribution < -0.4 is 10.6 Å². The molecule has 0 heterocycles. The number of amides is 1. The second-order valence-corrected chi connectivity index (χ2v) is 6.68. The minimum absolute atomic E-state index is 0.0265. The SMILES string of the molecule is Cc1cccc(C(C)C)c1N/C=C(/C#N)C(=O)NCCc1ccc(O)cc1. The molecule has 0 aliphatic heterocycles. The van der Waals surface area contributed by atoms with Gasteiger partial charge in [0.25, 0.3) is 5.91 Å². The zero-order valence-corrected chi connectivity index (χ0v) is 15.9. The van der Waals surface area contributed by atoms with Gasteiger partial charge in [0.05, 0.1) is 0 Å². The molecular formula is C22H25N3O2. The molecule has 0 radical (unpaired) electrons. The number of phenols is 1. The summed E-state index contributed by atoms with van der Waals surface area (Å²) in [7, 11) is 0. The maximum absolute atomic E-state index is 12.3. The number of hydrogen-bond acceptors (Lipinski definition) is 4. The fourth-order valence-electron chi connectivity index (χ4n) is 2.74. The predicted octanol–water partition coefficient (Wildman–Crippen LogP) is 4.00. The van der Waals surface area contributed by atoms with Gasteiger partial charge in [0.2, 0.25) is 0 Å². The van der Waals surface area contributed by atoms with Crippen LogP contribution in [0.2, 0.25) is 0 Å². The first-order valence-corrected chi connectivity index (χ1v) is 8.94. The topological polar surface area (TPSA) is 85.2 Å². The molecule has 2 aromatic carbocycles. The lowest BCUT2D eigenvalue weighted by Gasteiger charge is -2.15. The predicted molar refractivity (Wildman–Crippen MR) is 107 cm³/mol. The summed E-state index contributed by atoms with van der Waals surface area (Å²) in [6.45, 7) is 6.60. The summed E-state index contributed by atoms with van der Waals surface area (Å²) in [4.78, 5) is 12.3. The molecule has 0 bridgehead atoms. The number of carbonyl (C=O) groups is 1. The van der Waals surface area contributed by atoms with E-state index in [1.807, 2.05) is 31.2 Å². The normalized spacial score (nSPS) is 11.1. The van der Waals surface area contributed by atoms with Crippen molar-refractivity contribution in [2.45, 2.75) is 33.1 Å².